The van der Waals surface area contributed by atoms with E-state index in [0.717, 1.165) is 36.1 Å². The number of amides is 1. The summed E-state index contributed by atoms with van der Waals surface area (Å²) in [5, 5.41) is 2.74. The summed E-state index contributed by atoms with van der Waals surface area (Å²) in [6.45, 7) is 2.42. The van der Waals surface area contributed by atoms with E-state index in [1.165, 1.54) is 0 Å². The van der Waals surface area contributed by atoms with Gasteiger partial charge in [-0.3, -0.25) is 10.2 Å². The van der Waals surface area contributed by atoms with Crippen molar-refractivity contribution < 1.29 is 9.53 Å². The zero-order valence-electron chi connectivity index (χ0n) is 12.3. The molecule has 3 aliphatic rings. The van der Waals surface area contributed by atoms with Crippen LogP contribution in [0.5, 0.6) is 0 Å². The van der Waals surface area contributed by atoms with Gasteiger partial charge in [0.1, 0.15) is 6.61 Å². The number of hydrogen-bond donors (Lipinski definition) is 1. The number of nitrogens with zero attached hydrogens (tertiary/aromatic N) is 1. The Morgan fingerprint density at radius 2 is 2.23 bits per heavy atom. The summed E-state index contributed by atoms with van der Waals surface area (Å²) in [4.78, 5) is 14.2. The van der Waals surface area contributed by atoms with Crippen LogP contribution < -0.4 is 5.32 Å². The summed E-state index contributed by atoms with van der Waals surface area (Å²) >= 11 is 3.36. The van der Waals surface area contributed by atoms with Crippen molar-refractivity contribution in [2.75, 3.05) is 25.0 Å². The van der Waals surface area contributed by atoms with Gasteiger partial charge in [-0.15, -0.1) is 12.3 Å². The van der Waals surface area contributed by atoms with Gasteiger partial charge in [-0.05, 0) is 49.6 Å². The van der Waals surface area contributed by atoms with E-state index in [4.69, 9.17) is 11.2 Å². The molecule has 1 aromatic carbocycles. The molecule has 1 amide bonds. The summed E-state index contributed by atoms with van der Waals surface area (Å²) in [5.41, 5.74) is 0.728. The monoisotopic (exact) mass is 362 g/mol. The maximum absolute atomic E-state index is 11.9. The first-order valence-electron chi connectivity index (χ1n) is 7.55. The number of rotatable bonds is 3. The molecule has 4 atom stereocenters. The van der Waals surface area contributed by atoms with Crippen LogP contribution in [0.4, 0.5) is 10.5 Å². The Morgan fingerprint density at radius 3 is 2.86 bits per heavy atom. The lowest BCUT2D eigenvalue weighted by molar-refractivity contribution is -0.00665. The van der Waals surface area contributed by atoms with E-state index >= 15 is 0 Å². The average molecular weight is 363 g/mol. The Bertz CT molecular complexity index is 581. The second kappa shape index (κ2) is 6.72. The lowest BCUT2D eigenvalue weighted by Gasteiger charge is -2.48. The van der Waals surface area contributed by atoms with Gasteiger partial charge >= 0.3 is 6.09 Å². The van der Waals surface area contributed by atoms with Crippen molar-refractivity contribution in [2.24, 2.45) is 11.8 Å². The number of benzene rings is 1. The molecule has 3 saturated heterocycles. The zero-order valence-corrected chi connectivity index (χ0v) is 13.9. The molecule has 3 fully saturated rings. The Balaban J connectivity index is 1.48. The topological polar surface area (TPSA) is 41.6 Å². The molecular formula is C17H19BrN2O2. The molecule has 4 nitrogen and oxygen atoms in total. The number of anilines is 1. The second-order valence-electron chi connectivity index (χ2n) is 5.94. The smallest absolute Gasteiger partial charge is 0.411 e. The molecule has 116 valence electrons. The van der Waals surface area contributed by atoms with Crippen LogP contribution in [0, 0.1) is 24.2 Å². The first-order valence-corrected chi connectivity index (χ1v) is 8.34. The van der Waals surface area contributed by atoms with E-state index < -0.39 is 6.09 Å². The van der Waals surface area contributed by atoms with Gasteiger partial charge < -0.3 is 4.74 Å². The molecule has 3 heterocycles. The third-order valence-electron chi connectivity index (χ3n) is 4.59. The van der Waals surface area contributed by atoms with Gasteiger partial charge in [0.25, 0.3) is 0 Å². The summed E-state index contributed by atoms with van der Waals surface area (Å²) in [6.07, 6.45) is 7.37. The Morgan fingerprint density at radius 1 is 1.45 bits per heavy atom. The molecule has 2 bridgehead atoms. The molecular weight excluding hydrogens is 344 g/mol. The first-order chi connectivity index (χ1) is 10.7. The SMILES string of the molecule is C#C[C@@H]1CN2CC[C@H]1C[C@@H]2COC(=O)Nc1ccc(Br)cc1. The van der Waals surface area contributed by atoms with Crippen LogP contribution in [0.2, 0.25) is 0 Å². The van der Waals surface area contributed by atoms with Crippen molar-refractivity contribution in [1.82, 2.24) is 4.90 Å². The number of nitrogens with one attached hydrogen (secondary N) is 1. The average Bonchev–Trinajstić information content (AvgIpc) is 2.55. The van der Waals surface area contributed by atoms with Crippen molar-refractivity contribution >= 4 is 27.7 Å². The van der Waals surface area contributed by atoms with Crippen molar-refractivity contribution in [3.63, 3.8) is 0 Å². The minimum absolute atomic E-state index is 0.305. The summed E-state index contributed by atoms with van der Waals surface area (Å²) in [5.74, 6) is 3.84. The molecule has 0 aliphatic carbocycles. The highest BCUT2D eigenvalue weighted by atomic mass is 79.9. The van der Waals surface area contributed by atoms with Crippen LogP contribution in [-0.4, -0.2) is 36.7 Å². The highest BCUT2D eigenvalue weighted by molar-refractivity contribution is 9.10. The van der Waals surface area contributed by atoms with Gasteiger partial charge in [-0.2, -0.15) is 0 Å². The summed E-state index contributed by atoms with van der Waals surface area (Å²) in [7, 11) is 0. The highest BCUT2D eigenvalue weighted by Crippen LogP contribution is 2.35. The molecule has 22 heavy (non-hydrogen) atoms. The number of hydrogen-bond acceptors (Lipinski definition) is 3. The van der Waals surface area contributed by atoms with Crippen LogP contribution in [-0.2, 0) is 4.74 Å². The zero-order chi connectivity index (χ0) is 15.5. The molecule has 1 N–H and O–H groups in total. The fraction of sp³-hybridized carbons (Fsp3) is 0.471. The molecule has 3 aliphatic heterocycles. The Labute approximate surface area is 139 Å². The predicted octanol–water partition coefficient (Wildman–Crippen LogP) is 3.34. The third-order valence-corrected chi connectivity index (χ3v) is 5.12. The molecule has 0 spiro atoms. The summed E-state index contributed by atoms with van der Waals surface area (Å²) in [6, 6.07) is 7.71. The van der Waals surface area contributed by atoms with Crippen LogP contribution in [0.15, 0.2) is 28.7 Å². The molecule has 4 rings (SSSR count). The minimum Gasteiger partial charge on any atom is -0.448 e. The van der Waals surface area contributed by atoms with Crippen molar-refractivity contribution in [2.45, 2.75) is 18.9 Å². The number of piperidine rings is 3. The van der Waals surface area contributed by atoms with E-state index in [-0.39, 0.29) is 0 Å². The largest absolute Gasteiger partial charge is 0.448 e. The van der Waals surface area contributed by atoms with Gasteiger partial charge in [0, 0.05) is 28.7 Å². The molecule has 0 saturated carbocycles. The number of terminal acetylenes is 1. The normalized spacial score (nSPS) is 29.6. The minimum atomic E-state index is -0.404. The van der Waals surface area contributed by atoms with Gasteiger partial charge in [-0.1, -0.05) is 15.9 Å². The van der Waals surface area contributed by atoms with Crippen LogP contribution in [0.25, 0.3) is 0 Å². The maximum atomic E-state index is 11.9. The highest BCUT2D eigenvalue weighted by Gasteiger charge is 2.39. The molecule has 1 aromatic rings. The van der Waals surface area contributed by atoms with E-state index in [1.54, 1.807) is 0 Å². The van der Waals surface area contributed by atoms with Gasteiger partial charge in [0.05, 0.1) is 0 Å². The van der Waals surface area contributed by atoms with Crippen molar-refractivity contribution in [3.8, 4) is 12.3 Å². The fourth-order valence-corrected chi connectivity index (χ4v) is 3.62. The summed E-state index contributed by atoms with van der Waals surface area (Å²) < 4.78 is 6.35. The van der Waals surface area contributed by atoms with Gasteiger partial charge in [0.2, 0.25) is 0 Å². The van der Waals surface area contributed by atoms with Crippen LogP contribution >= 0.6 is 15.9 Å². The van der Waals surface area contributed by atoms with Gasteiger partial charge in [0.15, 0.2) is 0 Å². The van der Waals surface area contributed by atoms with Gasteiger partial charge in [-0.25, -0.2) is 4.79 Å². The first kappa shape index (κ1) is 15.4. The Kier molecular flexibility index (Phi) is 4.70. The number of carbonyl (C=O) groups excluding carboxylic acids is 1. The Hall–Kier alpha value is -1.51. The van der Waals surface area contributed by atoms with Crippen LogP contribution in [0.3, 0.4) is 0 Å². The number of carbonyl (C=O) groups is 1. The molecule has 0 aromatic heterocycles. The van der Waals surface area contributed by atoms with E-state index in [2.05, 4.69) is 32.1 Å². The van der Waals surface area contributed by atoms with E-state index in [9.17, 15) is 4.79 Å². The number of fused-ring (bicyclic) bond motifs is 3. The number of halogens is 1. The second-order valence-corrected chi connectivity index (χ2v) is 6.85. The quantitative estimate of drug-likeness (QED) is 0.838. The maximum Gasteiger partial charge on any atom is 0.411 e. The molecule has 0 radical (unpaired) electrons. The van der Waals surface area contributed by atoms with E-state index in [0.29, 0.717) is 24.5 Å². The third kappa shape index (κ3) is 3.45. The fourth-order valence-electron chi connectivity index (χ4n) is 3.36. The standard InChI is InChI=1S/C17H19BrN2O2/c1-2-12-10-20-8-7-13(12)9-16(20)11-22-17(21)19-15-5-3-14(18)4-6-15/h1,3-6,12-13,16H,7-11H2,(H,19,21)/t12-,13+,16-/m1/s1. The van der Waals surface area contributed by atoms with Crippen LogP contribution in [0.1, 0.15) is 12.8 Å². The predicted molar refractivity (Wildman–Crippen MR) is 89.5 cm³/mol. The lowest BCUT2D eigenvalue weighted by atomic mass is 9.76. The molecule has 5 heteroatoms. The lowest BCUT2D eigenvalue weighted by Crippen LogP contribution is -2.54. The van der Waals surface area contributed by atoms with Crippen molar-refractivity contribution in [3.05, 3.63) is 28.7 Å². The number of ether oxygens (including phenoxy) is 1. The molecule has 1 unspecified atom stereocenters. The van der Waals surface area contributed by atoms with E-state index in [1.807, 2.05) is 24.3 Å². The van der Waals surface area contributed by atoms with Crippen molar-refractivity contribution in [1.29, 1.82) is 0 Å².